The van der Waals surface area contributed by atoms with Crippen LogP contribution in [-0.4, -0.2) is 11.3 Å². The molecule has 4 aliphatic carbocycles. The first kappa shape index (κ1) is 18.2. The first-order valence-corrected chi connectivity index (χ1v) is 11.4. The normalized spacial score (nSPS) is 37.2. The van der Waals surface area contributed by atoms with E-state index in [1.165, 1.54) is 24.8 Å². The summed E-state index contributed by atoms with van der Waals surface area (Å²) in [6.45, 7) is 4.38. The summed E-state index contributed by atoms with van der Waals surface area (Å²) in [5.74, 6) is 2.72. The molecule has 1 aromatic rings. The van der Waals surface area contributed by atoms with Gasteiger partial charge in [0.2, 0.25) is 0 Å². The summed E-state index contributed by atoms with van der Waals surface area (Å²) in [6.07, 6.45) is 10.3. The van der Waals surface area contributed by atoms with Gasteiger partial charge in [-0.3, -0.25) is 4.79 Å². The van der Waals surface area contributed by atoms with Crippen molar-refractivity contribution in [2.45, 2.75) is 64.3 Å². The Morgan fingerprint density at radius 1 is 1.15 bits per heavy atom. The average molecular weight is 449 g/mol. The summed E-state index contributed by atoms with van der Waals surface area (Å²) in [6, 6.07) is 4.12. The predicted molar refractivity (Wildman–Crippen MR) is 114 cm³/mol. The molecule has 1 heterocycles. The lowest BCUT2D eigenvalue weighted by Crippen LogP contribution is -2.50. The van der Waals surface area contributed by atoms with E-state index in [9.17, 15) is 4.79 Å². The van der Waals surface area contributed by atoms with Gasteiger partial charge in [-0.2, -0.15) is 0 Å². The van der Waals surface area contributed by atoms with Gasteiger partial charge in [-0.05, 0) is 110 Å². The molecule has 0 radical (unpaired) electrons. The van der Waals surface area contributed by atoms with Gasteiger partial charge in [0, 0.05) is 32.8 Å². The Balaban J connectivity index is 1.53. The maximum Gasteiger partial charge on any atom is 0.163 e. The molecule has 5 aliphatic rings. The Bertz CT molecular complexity index is 821. The van der Waals surface area contributed by atoms with Gasteiger partial charge in [0.05, 0.1) is 5.02 Å². The Hall–Kier alpha value is -0.800. The van der Waals surface area contributed by atoms with E-state index in [0.717, 1.165) is 64.2 Å². The van der Waals surface area contributed by atoms with Gasteiger partial charge in [0.15, 0.2) is 5.78 Å². The maximum absolute atomic E-state index is 13.6. The van der Waals surface area contributed by atoms with E-state index in [0.29, 0.717) is 5.78 Å². The fourth-order valence-corrected chi connectivity index (χ4v) is 7.28. The van der Waals surface area contributed by atoms with Crippen molar-refractivity contribution >= 4 is 39.0 Å². The van der Waals surface area contributed by atoms with Gasteiger partial charge in [-0.1, -0.05) is 11.6 Å². The van der Waals surface area contributed by atoms with Gasteiger partial charge < -0.3 is 5.32 Å². The van der Waals surface area contributed by atoms with E-state index in [1.54, 1.807) is 0 Å². The molecular formula is C23H27BrClNO. The minimum Gasteiger partial charge on any atom is -0.379 e. The monoisotopic (exact) mass is 447 g/mol. The van der Waals surface area contributed by atoms with Crippen LogP contribution >= 0.6 is 27.5 Å². The minimum atomic E-state index is -0.0885. The molecule has 1 aliphatic heterocycles. The second kappa shape index (κ2) is 6.10. The van der Waals surface area contributed by atoms with Crippen LogP contribution < -0.4 is 5.32 Å². The van der Waals surface area contributed by atoms with Crippen LogP contribution in [0.4, 0.5) is 0 Å². The van der Waals surface area contributed by atoms with Gasteiger partial charge in [0.1, 0.15) is 0 Å². The lowest BCUT2D eigenvalue weighted by Gasteiger charge is -2.55. The SMILES string of the molecule is CC1(C)Cc2cc(Cl)c(Br)cc2C(=CC(=O)C23CC4CC(CC(C4)C2)C3)N1. The molecule has 6 rings (SSSR count). The highest BCUT2D eigenvalue weighted by molar-refractivity contribution is 9.10. The molecule has 0 unspecified atom stereocenters. The summed E-state index contributed by atoms with van der Waals surface area (Å²) in [5, 5.41) is 4.37. The number of hydrogen-bond donors (Lipinski definition) is 1. The van der Waals surface area contributed by atoms with E-state index in [-0.39, 0.29) is 11.0 Å². The first-order valence-electron chi connectivity index (χ1n) is 10.3. The molecule has 144 valence electrons. The standard InChI is InChI=1S/C23H27BrClNO/c1-22(2)12-16-6-19(25)18(24)7-17(16)20(26-22)8-21(27)23-9-13-3-14(10-23)5-15(4-13)11-23/h6-8,13-15,26H,3-5,9-12H2,1-2H3. The van der Waals surface area contributed by atoms with Crippen molar-refractivity contribution in [3.8, 4) is 0 Å². The Morgan fingerprint density at radius 2 is 1.74 bits per heavy atom. The van der Waals surface area contributed by atoms with Crippen LogP contribution in [0.2, 0.25) is 5.02 Å². The number of allylic oxidation sites excluding steroid dienone is 1. The Kier molecular flexibility index (Phi) is 4.12. The molecule has 0 amide bonds. The molecule has 4 bridgehead atoms. The molecular weight excluding hydrogens is 422 g/mol. The van der Waals surface area contributed by atoms with Crippen molar-refractivity contribution in [1.29, 1.82) is 0 Å². The molecule has 27 heavy (non-hydrogen) atoms. The zero-order valence-electron chi connectivity index (χ0n) is 16.1. The fourth-order valence-electron chi connectivity index (χ4n) is 6.75. The van der Waals surface area contributed by atoms with Crippen LogP contribution in [0.25, 0.3) is 5.70 Å². The van der Waals surface area contributed by atoms with Crippen LogP contribution in [0.5, 0.6) is 0 Å². The molecule has 0 aromatic heterocycles. The summed E-state index contributed by atoms with van der Waals surface area (Å²) in [7, 11) is 0. The Morgan fingerprint density at radius 3 is 2.33 bits per heavy atom. The second-order valence-electron chi connectivity index (χ2n) is 10.2. The van der Waals surface area contributed by atoms with E-state index >= 15 is 0 Å². The smallest absolute Gasteiger partial charge is 0.163 e. The number of hydrogen-bond acceptors (Lipinski definition) is 2. The third-order valence-corrected chi connectivity index (χ3v) is 8.58. The molecule has 4 heteroatoms. The molecule has 0 atom stereocenters. The number of ketones is 1. The van der Waals surface area contributed by atoms with Crippen LogP contribution in [0.3, 0.4) is 0 Å². The first-order chi connectivity index (χ1) is 12.7. The zero-order chi connectivity index (χ0) is 19.0. The van der Waals surface area contributed by atoms with E-state index in [1.807, 2.05) is 12.1 Å². The van der Waals surface area contributed by atoms with Crippen molar-refractivity contribution in [2.24, 2.45) is 23.2 Å². The quantitative estimate of drug-likeness (QED) is 0.549. The van der Waals surface area contributed by atoms with Gasteiger partial charge in [-0.15, -0.1) is 0 Å². The number of fused-ring (bicyclic) bond motifs is 1. The third kappa shape index (κ3) is 3.09. The molecule has 1 N–H and O–H groups in total. The summed E-state index contributed by atoms with van der Waals surface area (Å²) >= 11 is 9.91. The van der Waals surface area contributed by atoms with Gasteiger partial charge in [0.25, 0.3) is 0 Å². The zero-order valence-corrected chi connectivity index (χ0v) is 18.4. The van der Waals surface area contributed by atoms with Gasteiger partial charge >= 0.3 is 0 Å². The molecule has 0 saturated heterocycles. The van der Waals surface area contributed by atoms with E-state index < -0.39 is 0 Å². The summed E-state index contributed by atoms with van der Waals surface area (Å²) in [5.41, 5.74) is 3.13. The second-order valence-corrected chi connectivity index (χ2v) is 11.5. The molecule has 0 spiro atoms. The topological polar surface area (TPSA) is 29.1 Å². The minimum absolute atomic E-state index is 0.0856. The van der Waals surface area contributed by atoms with E-state index in [2.05, 4.69) is 41.2 Å². The van der Waals surface area contributed by atoms with Crippen LogP contribution in [0, 0.1) is 23.2 Å². The number of nitrogens with one attached hydrogen (secondary N) is 1. The third-order valence-electron chi connectivity index (χ3n) is 7.38. The van der Waals surface area contributed by atoms with Crippen LogP contribution in [-0.2, 0) is 11.2 Å². The number of rotatable bonds is 2. The number of benzene rings is 1. The lowest BCUT2D eigenvalue weighted by atomic mass is 9.48. The lowest BCUT2D eigenvalue weighted by molar-refractivity contribution is -0.138. The highest BCUT2D eigenvalue weighted by Gasteiger charge is 2.54. The van der Waals surface area contributed by atoms with Crippen LogP contribution in [0.15, 0.2) is 22.7 Å². The summed E-state index contributed by atoms with van der Waals surface area (Å²) in [4.78, 5) is 13.6. The molecule has 2 nitrogen and oxygen atoms in total. The van der Waals surface area contributed by atoms with Gasteiger partial charge in [-0.25, -0.2) is 0 Å². The Labute approximate surface area is 175 Å². The largest absolute Gasteiger partial charge is 0.379 e. The number of carbonyl (C=O) groups is 1. The van der Waals surface area contributed by atoms with Crippen molar-refractivity contribution in [3.05, 3.63) is 38.8 Å². The maximum atomic E-state index is 13.6. The highest BCUT2D eigenvalue weighted by Crippen LogP contribution is 2.60. The highest BCUT2D eigenvalue weighted by atomic mass is 79.9. The van der Waals surface area contributed by atoms with Crippen LogP contribution in [0.1, 0.15) is 63.5 Å². The molecule has 4 saturated carbocycles. The fraction of sp³-hybridized carbons (Fsp3) is 0.609. The number of halogens is 2. The number of carbonyl (C=O) groups excluding carboxylic acids is 1. The van der Waals surface area contributed by atoms with Crippen molar-refractivity contribution in [2.75, 3.05) is 0 Å². The average Bonchev–Trinajstić information content (AvgIpc) is 2.54. The molecule has 1 aromatic carbocycles. The van der Waals surface area contributed by atoms with Crippen molar-refractivity contribution in [3.63, 3.8) is 0 Å². The predicted octanol–water partition coefficient (Wildman–Crippen LogP) is 6.15. The van der Waals surface area contributed by atoms with Crippen molar-refractivity contribution < 1.29 is 4.79 Å². The van der Waals surface area contributed by atoms with E-state index in [4.69, 9.17) is 11.6 Å². The van der Waals surface area contributed by atoms with Crippen molar-refractivity contribution in [1.82, 2.24) is 5.32 Å². The summed E-state index contributed by atoms with van der Waals surface area (Å²) < 4.78 is 0.887. The molecule has 4 fully saturated rings.